The number of rotatable bonds is 2. The fourth-order valence-corrected chi connectivity index (χ4v) is 1.85. The molecule has 2 nitrogen and oxygen atoms in total. The Balaban J connectivity index is 0.000000980. The van der Waals surface area contributed by atoms with Gasteiger partial charge in [0.05, 0.1) is 16.3 Å². The summed E-state index contributed by atoms with van der Waals surface area (Å²) in [7, 11) is 0. The molecule has 14 heavy (non-hydrogen) atoms. The summed E-state index contributed by atoms with van der Waals surface area (Å²) in [5, 5.41) is 9.50. The summed E-state index contributed by atoms with van der Waals surface area (Å²) in [5.41, 5.74) is 1.39. The molecule has 1 fully saturated rings. The second kappa shape index (κ2) is 5.34. The van der Waals surface area contributed by atoms with Crippen molar-refractivity contribution in [3.05, 3.63) is 28.5 Å². The Labute approximate surface area is 135 Å². The number of aromatic nitrogens is 1. The molecule has 1 aliphatic rings. The third kappa shape index (κ3) is 2.75. The van der Waals surface area contributed by atoms with Gasteiger partial charge in [-0.25, -0.2) is 0 Å². The Hall–Kier alpha value is 0.966. The van der Waals surface area contributed by atoms with E-state index < -0.39 is 0 Å². The Morgan fingerprint density at radius 2 is 2.21 bits per heavy atom. The molecule has 1 aromatic heterocycles. The minimum atomic E-state index is -0.158. The van der Waals surface area contributed by atoms with Crippen LogP contribution in [0.4, 0.5) is 0 Å². The summed E-state index contributed by atoms with van der Waals surface area (Å²) >= 11 is 10.7. The molecule has 0 atom stereocenters. The van der Waals surface area contributed by atoms with Crippen LogP contribution in [0, 0.1) is 0 Å². The zero-order valence-electron chi connectivity index (χ0n) is 6.83. The normalized spacial score (nSPS) is 14.6. The number of hydrogen-bond acceptors (Lipinski definition) is 2. The van der Waals surface area contributed by atoms with Crippen molar-refractivity contribution >= 4 is 80.3 Å². The Morgan fingerprint density at radius 3 is 2.71 bits per heavy atom. The maximum absolute atomic E-state index is 9.15. The number of pyridine rings is 1. The van der Waals surface area contributed by atoms with Crippen LogP contribution < -0.4 is 0 Å². The van der Waals surface area contributed by atoms with Crippen LogP contribution >= 0.6 is 23.8 Å². The average molecular weight is 254 g/mol. The molecular weight excluding hydrogens is 245 g/mol. The van der Waals surface area contributed by atoms with Crippen molar-refractivity contribution in [2.75, 3.05) is 0 Å². The first-order chi connectivity index (χ1) is 6.20. The van der Waals surface area contributed by atoms with E-state index in [4.69, 9.17) is 16.7 Å². The summed E-state index contributed by atoms with van der Waals surface area (Å²) < 4.78 is 0. The van der Waals surface area contributed by atoms with Gasteiger partial charge in [-0.05, 0) is 31.1 Å². The van der Waals surface area contributed by atoms with Gasteiger partial charge in [0.15, 0.2) is 5.05 Å². The molecule has 0 aromatic carbocycles. The van der Waals surface area contributed by atoms with Gasteiger partial charge in [-0.1, -0.05) is 11.6 Å². The molecule has 1 aliphatic carbocycles. The van der Waals surface area contributed by atoms with Crippen molar-refractivity contribution in [1.82, 2.24) is 4.98 Å². The first-order valence-corrected chi connectivity index (χ1v) is 4.86. The Kier molecular flexibility index (Phi) is 4.97. The first kappa shape index (κ1) is 13.0. The number of nitrogens with zero attached hydrogens (tertiary/aromatic N) is 1. The minimum absolute atomic E-state index is 0. The summed E-state index contributed by atoms with van der Waals surface area (Å²) in [6, 6.07) is 1.64. The molecule has 2 rings (SSSR count). The Bertz CT molecular complexity index is 368. The zero-order chi connectivity index (χ0) is 9.42. The molecule has 5 heteroatoms. The van der Waals surface area contributed by atoms with Crippen LogP contribution in [0.1, 0.15) is 30.0 Å². The molecule has 0 radical (unpaired) electrons. The van der Waals surface area contributed by atoms with E-state index in [1.54, 1.807) is 12.3 Å². The van der Waals surface area contributed by atoms with Crippen molar-refractivity contribution in [3.63, 3.8) is 0 Å². The van der Waals surface area contributed by atoms with E-state index in [0.717, 1.165) is 18.5 Å². The summed E-state index contributed by atoms with van der Waals surface area (Å²) in [4.78, 5) is 4.18. The van der Waals surface area contributed by atoms with Gasteiger partial charge in [-0.2, -0.15) is 0 Å². The molecule has 1 saturated carbocycles. The standard InChI is InChI=1S/C9H8ClNOS.K.H/c10-7-6(9(12)13)3-4-11-8(7)5-1-2-5;;/h3-5H,1-2H2,(H,12,13);;. The molecule has 1 heterocycles. The third-order valence-electron chi connectivity index (χ3n) is 2.11. The van der Waals surface area contributed by atoms with E-state index in [2.05, 4.69) is 17.2 Å². The van der Waals surface area contributed by atoms with Gasteiger partial charge in [0.2, 0.25) is 0 Å². The van der Waals surface area contributed by atoms with Crippen LogP contribution in [0.15, 0.2) is 12.3 Å². The van der Waals surface area contributed by atoms with Crippen LogP contribution in [0.5, 0.6) is 0 Å². The molecule has 0 aliphatic heterocycles. The molecule has 1 N–H and O–H groups in total. The van der Waals surface area contributed by atoms with Gasteiger partial charge in [0.25, 0.3) is 0 Å². The third-order valence-corrected chi connectivity index (χ3v) is 2.73. The molecule has 1 aromatic rings. The van der Waals surface area contributed by atoms with Gasteiger partial charge in [0.1, 0.15) is 0 Å². The van der Waals surface area contributed by atoms with Crippen molar-refractivity contribution in [3.8, 4) is 0 Å². The van der Waals surface area contributed by atoms with Gasteiger partial charge in [-0.3, -0.25) is 4.98 Å². The number of thiocarbonyl (C=S) groups is 1. The van der Waals surface area contributed by atoms with Crippen LogP contribution in [0.3, 0.4) is 0 Å². The van der Waals surface area contributed by atoms with E-state index in [9.17, 15) is 0 Å². The van der Waals surface area contributed by atoms with Crippen LogP contribution in [0.25, 0.3) is 0 Å². The molecule has 0 saturated heterocycles. The van der Waals surface area contributed by atoms with E-state index in [1.807, 2.05) is 0 Å². The fraction of sp³-hybridized carbons (Fsp3) is 0.333. The van der Waals surface area contributed by atoms with Crippen molar-refractivity contribution in [2.45, 2.75) is 18.8 Å². The Morgan fingerprint density at radius 1 is 1.57 bits per heavy atom. The zero-order valence-corrected chi connectivity index (χ0v) is 8.40. The van der Waals surface area contributed by atoms with Crippen molar-refractivity contribution < 1.29 is 5.11 Å². The predicted molar refractivity (Wildman–Crippen MR) is 62.7 cm³/mol. The van der Waals surface area contributed by atoms with Gasteiger partial charge >= 0.3 is 51.4 Å². The van der Waals surface area contributed by atoms with Gasteiger partial charge < -0.3 is 5.11 Å². The molecular formula is C9H9ClKNOS. The second-order valence-electron chi connectivity index (χ2n) is 3.14. The number of hydrogen-bond donors (Lipinski definition) is 1. The van der Waals surface area contributed by atoms with Gasteiger partial charge in [-0.15, -0.1) is 0 Å². The summed E-state index contributed by atoms with van der Waals surface area (Å²) in [5.74, 6) is 0.474. The molecule has 0 amide bonds. The quantitative estimate of drug-likeness (QED) is 0.648. The molecule has 0 unspecified atom stereocenters. The van der Waals surface area contributed by atoms with E-state index in [1.165, 1.54) is 0 Å². The van der Waals surface area contributed by atoms with Crippen molar-refractivity contribution in [2.24, 2.45) is 0 Å². The molecule has 70 valence electrons. The fourth-order valence-electron chi connectivity index (χ4n) is 1.27. The summed E-state index contributed by atoms with van der Waals surface area (Å²) in [6.45, 7) is 0. The van der Waals surface area contributed by atoms with Crippen LogP contribution in [0.2, 0.25) is 5.02 Å². The van der Waals surface area contributed by atoms with Crippen molar-refractivity contribution in [1.29, 1.82) is 0 Å². The van der Waals surface area contributed by atoms with Crippen LogP contribution in [-0.4, -0.2) is 66.5 Å². The number of aliphatic hydroxyl groups is 1. The first-order valence-electron chi connectivity index (χ1n) is 4.08. The SMILES string of the molecule is OC(=S)c1ccnc(C2CC2)c1Cl.[KH]. The predicted octanol–water partition coefficient (Wildman–Crippen LogP) is 2.20. The topological polar surface area (TPSA) is 33.1 Å². The van der Waals surface area contributed by atoms with Crippen LogP contribution in [-0.2, 0) is 0 Å². The van der Waals surface area contributed by atoms with E-state index in [0.29, 0.717) is 16.5 Å². The molecule has 0 spiro atoms. The average Bonchev–Trinajstić information content (AvgIpc) is 2.87. The maximum atomic E-state index is 9.15. The monoisotopic (exact) mass is 253 g/mol. The number of halogens is 1. The van der Waals surface area contributed by atoms with E-state index in [-0.39, 0.29) is 56.4 Å². The number of aliphatic hydroxyl groups excluding tert-OH is 1. The second-order valence-corrected chi connectivity index (χ2v) is 3.90. The van der Waals surface area contributed by atoms with Gasteiger partial charge in [0, 0.05) is 12.1 Å². The van der Waals surface area contributed by atoms with E-state index >= 15 is 0 Å². The summed E-state index contributed by atoms with van der Waals surface area (Å²) in [6.07, 6.45) is 3.90. The molecule has 0 bridgehead atoms.